The number of piperazine rings is 1. The van der Waals surface area contributed by atoms with E-state index in [-0.39, 0.29) is 0 Å². The van der Waals surface area contributed by atoms with Crippen LogP contribution in [0.3, 0.4) is 0 Å². The van der Waals surface area contributed by atoms with Gasteiger partial charge in [-0.25, -0.2) is 0 Å². The quantitative estimate of drug-likeness (QED) is 0.736. The molecule has 2 aromatic rings. The van der Waals surface area contributed by atoms with Gasteiger partial charge in [0.05, 0.1) is 18.7 Å². The number of methoxy groups -OCH3 is 2. The fourth-order valence-corrected chi connectivity index (χ4v) is 3.74. The first-order chi connectivity index (χ1) is 12.5. The number of aromatic nitrogens is 1. The van der Waals surface area contributed by atoms with Gasteiger partial charge in [0.1, 0.15) is 11.6 Å². The van der Waals surface area contributed by atoms with Crippen LogP contribution >= 0.6 is 15.9 Å². The molecule has 1 fully saturated rings. The Morgan fingerprint density at radius 1 is 0.962 bits per heavy atom. The molecule has 26 heavy (non-hydrogen) atoms. The van der Waals surface area contributed by atoms with E-state index in [9.17, 15) is 0 Å². The normalized spacial score (nSPS) is 15.2. The Kier molecular flexibility index (Phi) is 6.04. The molecule has 0 aliphatic carbocycles. The smallest absolute Gasteiger partial charge is 0.229 e. The molecule has 0 bridgehead atoms. The van der Waals surface area contributed by atoms with Crippen LogP contribution in [0.2, 0.25) is 0 Å². The molecule has 6 heteroatoms. The first kappa shape index (κ1) is 19.0. The van der Waals surface area contributed by atoms with Gasteiger partial charge in [-0.1, -0.05) is 6.07 Å². The van der Waals surface area contributed by atoms with E-state index in [1.54, 1.807) is 14.2 Å². The predicted molar refractivity (Wildman–Crippen MR) is 108 cm³/mol. The van der Waals surface area contributed by atoms with E-state index in [0.717, 1.165) is 48.8 Å². The molecule has 0 unspecified atom stereocenters. The first-order valence-electron chi connectivity index (χ1n) is 8.84. The van der Waals surface area contributed by atoms with Crippen molar-refractivity contribution in [1.82, 2.24) is 9.88 Å². The molecule has 2 heterocycles. The number of pyridine rings is 1. The second-order valence-corrected chi connectivity index (χ2v) is 7.46. The summed E-state index contributed by atoms with van der Waals surface area (Å²) in [6, 6.07) is 8.30. The average Bonchev–Trinajstić information content (AvgIpc) is 2.67. The van der Waals surface area contributed by atoms with Gasteiger partial charge >= 0.3 is 0 Å². The number of hydrogen-bond donors (Lipinski definition) is 0. The molecule has 140 valence electrons. The van der Waals surface area contributed by atoms with E-state index < -0.39 is 0 Å². The fraction of sp³-hybridized carbons (Fsp3) is 0.450. The molecule has 0 amide bonds. The molecular formula is C20H26BrN3O2. The standard InChI is InChI=1S/C20H26BrN3O2/c1-14-15(2)18(25-3)7-5-16(14)13-23-9-11-24(12-10-23)19-8-6-17(21)20(22-19)26-4/h5-8H,9-13H2,1-4H3. The van der Waals surface area contributed by atoms with Gasteiger partial charge in [-0.3, -0.25) is 4.90 Å². The zero-order chi connectivity index (χ0) is 18.7. The molecule has 5 nitrogen and oxygen atoms in total. The van der Waals surface area contributed by atoms with Crippen LogP contribution in [0.5, 0.6) is 11.6 Å². The summed E-state index contributed by atoms with van der Waals surface area (Å²) in [7, 11) is 3.37. The Morgan fingerprint density at radius 2 is 1.69 bits per heavy atom. The van der Waals surface area contributed by atoms with Crippen molar-refractivity contribution in [3.05, 3.63) is 45.4 Å². The number of benzene rings is 1. The molecule has 0 spiro atoms. The second-order valence-electron chi connectivity index (χ2n) is 6.60. The molecule has 0 saturated carbocycles. The molecule has 0 N–H and O–H groups in total. The van der Waals surface area contributed by atoms with E-state index in [2.05, 4.69) is 56.7 Å². The molecule has 1 aromatic heterocycles. The Morgan fingerprint density at radius 3 is 2.35 bits per heavy atom. The van der Waals surface area contributed by atoms with Gasteiger partial charge in [0.2, 0.25) is 5.88 Å². The van der Waals surface area contributed by atoms with Gasteiger partial charge in [-0.15, -0.1) is 0 Å². The van der Waals surface area contributed by atoms with Crippen LogP contribution < -0.4 is 14.4 Å². The van der Waals surface area contributed by atoms with Crippen LogP contribution in [0.4, 0.5) is 5.82 Å². The lowest BCUT2D eigenvalue weighted by Gasteiger charge is -2.35. The van der Waals surface area contributed by atoms with Crippen molar-refractivity contribution in [3.8, 4) is 11.6 Å². The zero-order valence-electron chi connectivity index (χ0n) is 15.9. The third-order valence-electron chi connectivity index (χ3n) is 5.15. The van der Waals surface area contributed by atoms with E-state index in [1.807, 2.05) is 12.1 Å². The van der Waals surface area contributed by atoms with Crippen molar-refractivity contribution in [2.75, 3.05) is 45.3 Å². The molecule has 1 saturated heterocycles. The topological polar surface area (TPSA) is 37.8 Å². The van der Waals surface area contributed by atoms with Crippen molar-refractivity contribution < 1.29 is 9.47 Å². The van der Waals surface area contributed by atoms with Crippen LogP contribution in [-0.2, 0) is 6.54 Å². The summed E-state index contributed by atoms with van der Waals surface area (Å²) in [5, 5.41) is 0. The summed E-state index contributed by atoms with van der Waals surface area (Å²) < 4.78 is 11.6. The molecule has 3 rings (SSSR count). The van der Waals surface area contributed by atoms with Crippen LogP contribution in [0.1, 0.15) is 16.7 Å². The number of ether oxygens (including phenoxy) is 2. The summed E-state index contributed by atoms with van der Waals surface area (Å²) in [4.78, 5) is 9.41. The monoisotopic (exact) mass is 419 g/mol. The molecule has 1 aliphatic rings. The van der Waals surface area contributed by atoms with Gasteiger partial charge in [-0.05, 0) is 64.7 Å². The molecular weight excluding hydrogens is 394 g/mol. The second kappa shape index (κ2) is 8.27. The molecule has 1 aromatic carbocycles. The van der Waals surface area contributed by atoms with Crippen molar-refractivity contribution in [3.63, 3.8) is 0 Å². The lowest BCUT2D eigenvalue weighted by molar-refractivity contribution is 0.248. The molecule has 0 radical (unpaired) electrons. The van der Waals surface area contributed by atoms with Gasteiger partial charge in [0.25, 0.3) is 0 Å². The number of anilines is 1. The number of rotatable bonds is 5. The van der Waals surface area contributed by atoms with Crippen LogP contribution in [0, 0.1) is 13.8 Å². The van der Waals surface area contributed by atoms with Gasteiger partial charge in [-0.2, -0.15) is 4.98 Å². The van der Waals surface area contributed by atoms with Gasteiger partial charge in [0.15, 0.2) is 0 Å². The Balaban J connectivity index is 1.63. The third kappa shape index (κ3) is 3.96. The Labute approximate surface area is 164 Å². The highest BCUT2D eigenvalue weighted by Gasteiger charge is 2.20. The maximum atomic E-state index is 5.42. The third-order valence-corrected chi connectivity index (χ3v) is 5.76. The highest BCUT2D eigenvalue weighted by atomic mass is 79.9. The fourth-order valence-electron chi connectivity index (χ4n) is 3.35. The van der Waals surface area contributed by atoms with E-state index in [4.69, 9.17) is 9.47 Å². The lowest BCUT2D eigenvalue weighted by atomic mass is 10.0. The molecule has 0 atom stereocenters. The summed E-state index contributed by atoms with van der Waals surface area (Å²) in [6.45, 7) is 9.25. The van der Waals surface area contributed by atoms with Crippen LogP contribution in [0.15, 0.2) is 28.7 Å². The number of nitrogens with zero attached hydrogens (tertiary/aromatic N) is 3. The number of hydrogen-bond acceptors (Lipinski definition) is 5. The highest BCUT2D eigenvalue weighted by Crippen LogP contribution is 2.27. The largest absolute Gasteiger partial charge is 0.496 e. The summed E-state index contributed by atoms with van der Waals surface area (Å²) >= 11 is 3.46. The summed E-state index contributed by atoms with van der Waals surface area (Å²) in [6.07, 6.45) is 0. The predicted octanol–water partition coefficient (Wildman–Crippen LogP) is 3.80. The van der Waals surface area contributed by atoms with E-state index in [0.29, 0.717) is 5.88 Å². The minimum absolute atomic E-state index is 0.634. The first-order valence-corrected chi connectivity index (χ1v) is 9.63. The Bertz CT molecular complexity index is 774. The Hall–Kier alpha value is -1.79. The lowest BCUT2D eigenvalue weighted by Crippen LogP contribution is -2.46. The maximum absolute atomic E-state index is 5.42. The minimum atomic E-state index is 0.634. The SMILES string of the molecule is COc1ccc(CN2CCN(c3ccc(Br)c(OC)n3)CC2)c(C)c1C. The highest BCUT2D eigenvalue weighted by molar-refractivity contribution is 9.10. The van der Waals surface area contributed by atoms with Gasteiger partial charge < -0.3 is 14.4 Å². The summed E-state index contributed by atoms with van der Waals surface area (Å²) in [5.41, 5.74) is 3.93. The van der Waals surface area contributed by atoms with Crippen molar-refractivity contribution in [2.45, 2.75) is 20.4 Å². The summed E-state index contributed by atoms with van der Waals surface area (Å²) in [5.74, 6) is 2.57. The van der Waals surface area contributed by atoms with Crippen molar-refractivity contribution in [2.24, 2.45) is 0 Å². The van der Waals surface area contributed by atoms with Crippen molar-refractivity contribution in [1.29, 1.82) is 0 Å². The van der Waals surface area contributed by atoms with E-state index in [1.165, 1.54) is 16.7 Å². The minimum Gasteiger partial charge on any atom is -0.496 e. The van der Waals surface area contributed by atoms with E-state index >= 15 is 0 Å². The van der Waals surface area contributed by atoms with Crippen LogP contribution in [0.25, 0.3) is 0 Å². The van der Waals surface area contributed by atoms with Crippen LogP contribution in [-0.4, -0.2) is 50.3 Å². The van der Waals surface area contributed by atoms with Gasteiger partial charge in [0, 0.05) is 32.7 Å². The van der Waals surface area contributed by atoms with Crippen molar-refractivity contribution >= 4 is 21.7 Å². The maximum Gasteiger partial charge on any atom is 0.229 e. The molecule has 1 aliphatic heterocycles. The number of halogens is 1. The zero-order valence-corrected chi connectivity index (χ0v) is 17.5. The average molecular weight is 420 g/mol.